The summed E-state index contributed by atoms with van der Waals surface area (Å²) in [6, 6.07) is 22.0. The molecule has 0 fully saturated rings. The van der Waals surface area contributed by atoms with Crippen molar-refractivity contribution >= 4 is 27.6 Å². The number of aliphatic carboxylic acids is 1. The number of carbonyl (C=O) groups is 1. The fourth-order valence-corrected chi connectivity index (χ4v) is 3.81. The molecule has 3 aromatic carbocycles. The molecule has 3 aromatic rings. The molecule has 1 unspecified atom stereocenters. The lowest BCUT2D eigenvalue weighted by Crippen LogP contribution is -2.25. The van der Waals surface area contributed by atoms with Gasteiger partial charge in [-0.2, -0.15) is 0 Å². The number of hydrogen-bond donors (Lipinski definition) is 1. The summed E-state index contributed by atoms with van der Waals surface area (Å²) in [6.07, 6.45) is 0.192. The van der Waals surface area contributed by atoms with E-state index in [4.69, 9.17) is 14.5 Å². The van der Waals surface area contributed by atoms with Gasteiger partial charge < -0.3 is 14.6 Å². The summed E-state index contributed by atoms with van der Waals surface area (Å²) >= 11 is 3.46. The second-order valence-electron chi connectivity index (χ2n) is 6.83. The summed E-state index contributed by atoms with van der Waals surface area (Å²) in [7, 11) is 0. The number of aliphatic imine (C=N–C) groups is 1. The number of rotatable bonds is 6. The van der Waals surface area contributed by atoms with Crippen LogP contribution in [0.5, 0.6) is 11.5 Å². The van der Waals surface area contributed by atoms with Crippen LogP contribution < -0.4 is 9.47 Å². The van der Waals surface area contributed by atoms with Gasteiger partial charge >= 0.3 is 5.97 Å². The lowest BCUT2D eigenvalue weighted by Gasteiger charge is -2.23. The first-order chi connectivity index (χ1) is 14.6. The van der Waals surface area contributed by atoms with E-state index in [-0.39, 0.29) is 6.42 Å². The molecule has 4 rings (SSSR count). The molecule has 6 heteroatoms. The van der Waals surface area contributed by atoms with E-state index in [1.54, 1.807) is 0 Å². The van der Waals surface area contributed by atoms with Crippen molar-refractivity contribution in [3.63, 3.8) is 0 Å². The minimum absolute atomic E-state index is 0.192. The highest BCUT2D eigenvalue weighted by Gasteiger charge is 2.25. The van der Waals surface area contributed by atoms with Gasteiger partial charge in [0.1, 0.15) is 13.2 Å². The van der Waals surface area contributed by atoms with Gasteiger partial charge in [-0.15, -0.1) is 0 Å². The lowest BCUT2D eigenvalue weighted by molar-refractivity contribution is -0.138. The summed E-state index contributed by atoms with van der Waals surface area (Å²) in [5.74, 6) is 0.198. The van der Waals surface area contributed by atoms with Crippen LogP contribution >= 0.6 is 15.9 Å². The van der Waals surface area contributed by atoms with Gasteiger partial charge in [-0.25, -0.2) is 4.79 Å². The van der Waals surface area contributed by atoms with Crippen LogP contribution in [0.25, 0.3) is 0 Å². The monoisotopic (exact) mass is 465 g/mol. The molecule has 0 saturated heterocycles. The summed E-state index contributed by atoms with van der Waals surface area (Å²) in [6.45, 7) is 0.887. The average molecular weight is 466 g/mol. The smallest absolute Gasteiger partial charge is 0.328 e. The largest absolute Gasteiger partial charge is 0.486 e. The summed E-state index contributed by atoms with van der Waals surface area (Å²) in [5.41, 5.74) is 3.14. The van der Waals surface area contributed by atoms with Crippen molar-refractivity contribution in [1.82, 2.24) is 0 Å². The third-order valence-corrected chi connectivity index (χ3v) is 5.42. The number of benzene rings is 3. The topological polar surface area (TPSA) is 68.1 Å². The molecule has 1 aliphatic heterocycles. The van der Waals surface area contributed by atoms with Crippen LogP contribution in [0.15, 0.2) is 82.3 Å². The molecule has 1 N–H and O–H groups in total. The Morgan fingerprint density at radius 2 is 1.47 bits per heavy atom. The molecule has 1 atom stereocenters. The van der Waals surface area contributed by atoms with E-state index in [0.29, 0.717) is 30.4 Å². The number of hydrogen-bond acceptors (Lipinski definition) is 4. The highest BCUT2D eigenvalue weighted by Crippen LogP contribution is 2.40. The van der Waals surface area contributed by atoms with Gasteiger partial charge in [0.25, 0.3) is 0 Å². The normalized spacial score (nSPS) is 13.4. The quantitative estimate of drug-likeness (QED) is 0.533. The number of ether oxygens (including phenoxy) is 2. The zero-order chi connectivity index (χ0) is 20.9. The predicted octanol–water partition coefficient (Wildman–Crippen LogP) is 4.75. The number of carboxylic acids is 1. The Labute approximate surface area is 183 Å². The minimum Gasteiger partial charge on any atom is -0.486 e. The Bertz CT molecular complexity index is 1030. The fourth-order valence-electron chi connectivity index (χ4n) is 3.38. The van der Waals surface area contributed by atoms with E-state index in [1.807, 2.05) is 72.8 Å². The van der Waals surface area contributed by atoms with E-state index in [9.17, 15) is 9.90 Å². The van der Waals surface area contributed by atoms with E-state index < -0.39 is 12.0 Å². The zero-order valence-corrected chi connectivity index (χ0v) is 17.7. The molecular formula is C24H20BrNO4. The molecule has 0 aromatic heterocycles. The Balaban J connectivity index is 1.75. The van der Waals surface area contributed by atoms with Gasteiger partial charge in [0, 0.05) is 23.1 Å². The zero-order valence-electron chi connectivity index (χ0n) is 16.1. The van der Waals surface area contributed by atoms with Gasteiger partial charge in [-0.1, -0.05) is 66.7 Å². The second-order valence-corrected chi connectivity index (χ2v) is 7.68. The minimum atomic E-state index is -0.993. The molecule has 0 amide bonds. The molecule has 5 nitrogen and oxygen atoms in total. The first-order valence-electron chi connectivity index (χ1n) is 9.62. The third-order valence-electron chi connectivity index (χ3n) is 4.80. The molecule has 0 aliphatic carbocycles. The average Bonchev–Trinajstić information content (AvgIpc) is 2.79. The molecule has 1 heterocycles. The van der Waals surface area contributed by atoms with Crippen molar-refractivity contribution in [2.45, 2.75) is 12.5 Å². The van der Waals surface area contributed by atoms with Gasteiger partial charge in [0.15, 0.2) is 17.5 Å². The Morgan fingerprint density at radius 3 is 2.03 bits per heavy atom. The Hall–Kier alpha value is -3.12. The summed E-state index contributed by atoms with van der Waals surface area (Å²) < 4.78 is 12.3. The van der Waals surface area contributed by atoms with Crippen LogP contribution in [0.3, 0.4) is 0 Å². The van der Waals surface area contributed by atoms with Gasteiger partial charge in [-0.05, 0) is 22.0 Å². The van der Waals surface area contributed by atoms with E-state index in [0.717, 1.165) is 21.2 Å². The number of halogens is 1. The van der Waals surface area contributed by atoms with Gasteiger partial charge in [0.2, 0.25) is 0 Å². The maximum absolute atomic E-state index is 12.1. The number of nitrogens with zero attached hydrogens (tertiary/aromatic N) is 1. The van der Waals surface area contributed by atoms with Crippen molar-refractivity contribution in [2.75, 3.05) is 13.2 Å². The molecular weight excluding hydrogens is 446 g/mol. The van der Waals surface area contributed by atoms with Crippen LogP contribution in [0.1, 0.15) is 16.7 Å². The van der Waals surface area contributed by atoms with Crippen LogP contribution in [0.2, 0.25) is 0 Å². The Kier molecular flexibility index (Phi) is 6.14. The molecule has 0 spiro atoms. The molecule has 1 aliphatic rings. The van der Waals surface area contributed by atoms with Gasteiger partial charge in [0.05, 0.1) is 10.2 Å². The van der Waals surface area contributed by atoms with E-state index in [1.165, 1.54) is 0 Å². The summed E-state index contributed by atoms with van der Waals surface area (Å²) in [5, 5.41) is 9.95. The SMILES string of the molecule is O=C(O)C(Cc1ccc(Br)c2c1OCCO2)N=C(c1ccccc1)c1ccccc1. The molecule has 0 radical (unpaired) electrons. The highest BCUT2D eigenvalue weighted by molar-refractivity contribution is 9.10. The Morgan fingerprint density at radius 1 is 0.900 bits per heavy atom. The first-order valence-corrected chi connectivity index (χ1v) is 10.4. The van der Waals surface area contributed by atoms with Crippen LogP contribution in [-0.4, -0.2) is 36.0 Å². The van der Waals surface area contributed by atoms with E-state index in [2.05, 4.69) is 15.9 Å². The second kappa shape index (κ2) is 9.13. The highest BCUT2D eigenvalue weighted by atomic mass is 79.9. The maximum atomic E-state index is 12.1. The van der Waals surface area contributed by atoms with Crippen molar-refractivity contribution < 1.29 is 19.4 Å². The van der Waals surface area contributed by atoms with E-state index >= 15 is 0 Å². The molecule has 0 bridgehead atoms. The van der Waals surface area contributed by atoms with Gasteiger partial charge in [-0.3, -0.25) is 4.99 Å². The summed E-state index contributed by atoms with van der Waals surface area (Å²) in [4.78, 5) is 16.8. The lowest BCUT2D eigenvalue weighted by atomic mass is 10.00. The molecule has 0 saturated carbocycles. The standard InChI is InChI=1S/C24H20BrNO4/c25-19-12-11-18(22-23(19)30-14-13-29-22)15-20(24(27)28)26-21(16-7-3-1-4-8-16)17-9-5-2-6-10-17/h1-12,20H,13-15H2,(H,27,28). The predicted molar refractivity (Wildman–Crippen MR) is 119 cm³/mol. The van der Waals surface area contributed by atoms with Crippen molar-refractivity contribution in [2.24, 2.45) is 4.99 Å². The molecule has 30 heavy (non-hydrogen) atoms. The van der Waals surface area contributed by atoms with Crippen LogP contribution in [0, 0.1) is 0 Å². The first kappa shape index (κ1) is 20.2. The van der Waals surface area contributed by atoms with Crippen molar-refractivity contribution in [3.8, 4) is 11.5 Å². The van der Waals surface area contributed by atoms with Crippen LogP contribution in [0.4, 0.5) is 0 Å². The molecule has 152 valence electrons. The van der Waals surface area contributed by atoms with Crippen molar-refractivity contribution in [1.29, 1.82) is 0 Å². The maximum Gasteiger partial charge on any atom is 0.328 e. The number of carboxylic acid groups (broad SMARTS) is 1. The fraction of sp³-hybridized carbons (Fsp3) is 0.167. The van der Waals surface area contributed by atoms with Crippen molar-refractivity contribution in [3.05, 3.63) is 94.0 Å². The number of fused-ring (bicyclic) bond motifs is 1. The van der Waals surface area contributed by atoms with Crippen LogP contribution in [-0.2, 0) is 11.2 Å². The third kappa shape index (κ3) is 4.39.